The molecule has 0 aliphatic heterocycles. The zero-order chi connectivity index (χ0) is 12.8. The fourth-order valence-electron chi connectivity index (χ4n) is 1.57. The van der Waals surface area contributed by atoms with Crippen LogP contribution in [-0.2, 0) is 17.9 Å². The van der Waals surface area contributed by atoms with E-state index >= 15 is 0 Å². The van der Waals surface area contributed by atoms with E-state index in [-0.39, 0.29) is 5.91 Å². The maximum atomic E-state index is 11.4. The molecule has 1 atom stereocenters. The molecule has 0 unspecified atom stereocenters. The van der Waals surface area contributed by atoms with Crippen molar-refractivity contribution in [3.05, 3.63) is 35.4 Å². The summed E-state index contributed by atoms with van der Waals surface area (Å²) in [5.41, 5.74) is 7.86. The molecule has 17 heavy (non-hydrogen) atoms. The Morgan fingerprint density at radius 1 is 1.35 bits per heavy atom. The van der Waals surface area contributed by atoms with Gasteiger partial charge < -0.3 is 16.0 Å². The summed E-state index contributed by atoms with van der Waals surface area (Å²) >= 11 is 0. The SMILES string of the molecule is C[C@@H](N)C(=O)NCc1ccccc1CN(C)C. The number of carbonyl (C=O) groups excluding carboxylic acids is 1. The minimum absolute atomic E-state index is 0.121. The Hall–Kier alpha value is -1.39. The van der Waals surface area contributed by atoms with E-state index in [4.69, 9.17) is 5.73 Å². The summed E-state index contributed by atoms with van der Waals surface area (Å²) in [6, 6.07) is 7.63. The predicted octanol–water partition coefficient (Wildman–Crippen LogP) is 0.712. The van der Waals surface area contributed by atoms with Gasteiger partial charge in [-0.2, -0.15) is 0 Å². The molecular weight excluding hydrogens is 214 g/mol. The average Bonchev–Trinajstić information content (AvgIpc) is 2.26. The largest absolute Gasteiger partial charge is 0.351 e. The summed E-state index contributed by atoms with van der Waals surface area (Å²) in [6.07, 6.45) is 0. The summed E-state index contributed by atoms with van der Waals surface area (Å²) in [7, 11) is 4.05. The highest BCUT2D eigenvalue weighted by atomic mass is 16.2. The lowest BCUT2D eigenvalue weighted by Crippen LogP contribution is -2.38. The summed E-state index contributed by atoms with van der Waals surface area (Å²) in [6.45, 7) is 3.08. The van der Waals surface area contributed by atoms with Gasteiger partial charge in [0.25, 0.3) is 0 Å². The van der Waals surface area contributed by atoms with Crippen molar-refractivity contribution >= 4 is 5.91 Å². The van der Waals surface area contributed by atoms with E-state index in [9.17, 15) is 4.79 Å². The molecule has 0 heterocycles. The standard InChI is InChI=1S/C13H21N3O/c1-10(14)13(17)15-8-11-6-4-5-7-12(11)9-16(2)3/h4-7,10H,8-9,14H2,1-3H3,(H,15,17)/t10-/m1/s1. The third-order valence-electron chi connectivity index (χ3n) is 2.47. The summed E-state index contributed by atoms with van der Waals surface area (Å²) < 4.78 is 0. The molecule has 0 aromatic heterocycles. The summed E-state index contributed by atoms with van der Waals surface area (Å²) in [5, 5.41) is 2.83. The van der Waals surface area contributed by atoms with Crippen LogP contribution in [0.3, 0.4) is 0 Å². The highest BCUT2D eigenvalue weighted by molar-refractivity contribution is 5.80. The van der Waals surface area contributed by atoms with E-state index in [1.54, 1.807) is 6.92 Å². The van der Waals surface area contributed by atoms with Crippen LogP contribution in [-0.4, -0.2) is 30.9 Å². The molecule has 4 nitrogen and oxygen atoms in total. The van der Waals surface area contributed by atoms with E-state index in [0.29, 0.717) is 6.54 Å². The van der Waals surface area contributed by atoms with Crippen molar-refractivity contribution in [2.24, 2.45) is 5.73 Å². The number of hydrogen-bond donors (Lipinski definition) is 2. The van der Waals surface area contributed by atoms with Crippen molar-refractivity contribution in [3.8, 4) is 0 Å². The topological polar surface area (TPSA) is 58.4 Å². The average molecular weight is 235 g/mol. The van der Waals surface area contributed by atoms with Gasteiger partial charge in [0.15, 0.2) is 0 Å². The lowest BCUT2D eigenvalue weighted by molar-refractivity contribution is -0.122. The number of amides is 1. The van der Waals surface area contributed by atoms with Crippen LogP contribution >= 0.6 is 0 Å². The molecule has 3 N–H and O–H groups in total. The number of carbonyl (C=O) groups is 1. The fraction of sp³-hybridized carbons (Fsp3) is 0.462. The molecule has 1 aromatic rings. The van der Waals surface area contributed by atoms with Crippen LogP contribution in [0.4, 0.5) is 0 Å². The number of nitrogens with two attached hydrogens (primary N) is 1. The van der Waals surface area contributed by atoms with Crippen molar-refractivity contribution in [1.29, 1.82) is 0 Å². The smallest absolute Gasteiger partial charge is 0.236 e. The maximum absolute atomic E-state index is 11.4. The van der Waals surface area contributed by atoms with Crippen LogP contribution in [0.1, 0.15) is 18.1 Å². The van der Waals surface area contributed by atoms with E-state index in [2.05, 4.69) is 16.3 Å². The first kappa shape index (κ1) is 13.7. The lowest BCUT2D eigenvalue weighted by atomic mass is 10.1. The highest BCUT2D eigenvalue weighted by Gasteiger charge is 2.08. The summed E-state index contributed by atoms with van der Waals surface area (Å²) in [4.78, 5) is 13.5. The van der Waals surface area contributed by atoms with Crippen molar-refractivity contribution < 1.29 is 4.79 Å². The lowest BCUT2D eigenvalue weighted by Gasteiger charge is -2.15. The van der Waals surface area contributed by atoms with E-state index in [1.165, 1.54) is 5.56 Å². The van der Waals surface area contributed by atoms with Gasteiger partial charge in [-0.15, -0.1) is 0 Å². The minimum Gasteiger partial charge on any atom is -0.351 e. The third kappa shape index (κ3) is 4.54. The van der Waals surface area contributed by atoms with Gasteiger partial charge in [0.1, 0.15) is 0 Å². The number of nitrogens with zero attached hydrogens (tertiary/aromatic N) is 1. The van der Waals surface area contributed by atoms with Crippen LogP contribution in [0.25, 0.3) is 0 Å². The van der Waals surface area contributed by atoms with E-state index in [1.807, 2.05) is 32.3 Å². The molecule has 0 aliphatic carbocycles. The van der Waals surface area contributed by atoms with Gasteiger partial charge in [0.2, 0.25) is 5.91 Å². The molecule has 0 bridgehead atoms. The van der Waals surface area contributed by atoms with Gasteiger partial charge in [-0.1, -0.05) is 24.3 Å². The monoisotopic (exact) mass is 235 g/mol. The highest BCUT2D eigenvalue weighted by Crippen LogP contribution is 2.10. The molecule has 94 valence electrons. The van der Waals surface area contributed by atoms with Crippen LogP contribution < -0.4 is 11.1 Å². The van der Waals surface area contributed by atoms with Gasteiger partial charge in [-0.25, -0.2) is 0 Å². The molecule has 0 radical (unpaired) electrons. The van der Waals surface area contributed by atoms with Crippen molar-refractivity contribution in [2.45, 2.75) is 26.1 Å². The molecule has 0 aliphatic rings. The minimum atomic E-state index is -0.462. The second kappa shape index (κ2) is 6.37. The Balaban J connectivity index is 2.67. The molecule has 1 aromatic carbocycles. The quantitative estimate of drug-likeness (QED) is 0.790. The molecule has 0 saturated carbocycles. The first-order chi connectivity index (χ1) is 8.00. The number of rotatable bonds is 5. The van der Waals surface area contributed by atoms with Crippen LogP contribution in [0.2, 0.25) is 0 Å². The predicted molar refractivity (Wildman–Crippen MR) is 69.3 cm³/mol. The fourth-order valence-corrected chi connectivity index (χ4v) is 1.57. The Labute approximate surface area is 103 Å². The Morgan fingerprint density at radius 2 is 1.94 bits per heavy atom. The molecule has 1 amide bonds. The Kier molecular flexibility index (Phi) is 5.12. The molecule has 1 rings (SSSR count). The van der Waals surface area contributed by atoms with Gasteiger partial charge in [0.05, 0.1) is 6.04 Å². The van der Waals surface area contributed by atoms with Crippen LogP contribution in [0, 0.1) is 0 Å². The normalized spacial score (nSPS) is 12.5. The van der Waals surface area contributed by atoms with Crippen molar-refractivity contribution in [3.63, 3.8) is 0 Å². The Bertz CT molecular complexity index is 375. The first-order valence-corrected chi connectivity index (χ1v) is 5.75. The zero-order valence-corrected chi connectivity index (χ0v) is 10.7. The number of hydrogen-bond acceptors (Lipinski definition) is 3. The van der Waals surface area contributed by atoms with Gasteiger partial charge in [-0.3, -0.25) is 4.79 Å². The van der Waals surface area contributed by atoms with Gasteiger partial charge in [-0.05, 0) is 32.1 Å². The molecule has 0 fully saturated rings. The first-order valence-electron chi connectivity index (χ1n) is 5.75. The second-order valence-corrected chi connectivity index (χ2v) is 4.51. The molecule has 0 spiro atoms. The molecule has 4 heteroatoms. The van der Waals surface area contributed by atoms with Gasteiger partial charge >= 0.3 is 0 Å². The summed E-state index contributed by atoms with van der Waals surface area (Å²) in [5.74, 6) is -0.121. The second-order valence-electron chi connectivity index (χ2n) is 4.51. The van der Waals surface area contributed by atoms with E-state index < -0.39 is 6.04 Å². The van der Waals surface area contributed by atoms with Crippen LogP contribution in [0.15, 0.2) is 24.3 Å². The van der Waals surface area contributed by atoms with Crippen LogP contribution in [0.5, 0.6) is 0 Å². The third-order valence-corrected chi connectivity index (χ3v) is 2.47. The maximum Gasteiger partial charge on any atom is 0.236 e. The number of benzene rings is 1. The molecule has 0 saturated heterocycles. The molecular formula is C13H21N3O. The van der Waals surface area contributed by atoms with Gasteiger partial charge in [0, 0.05) is 13.1 Å². The number of nitrogens with one attached hydrogen (secondary N) is 1. The van der Waals surface area contributed by atoms with Crippen molar-refractivity contribution in [2.75, 3.05) is 14.1 Å². The van der Waals surface area contributed by atoms with E-state index in [0.717, 1.165) is 12.1 Å². The van der Waals surface area contributed by atoms with Crippen molar-refractivity contribution in [1.82, 2.24) is 10.2 Å². The zero-order valence-electron chi connectivity index (χ0n) is 10.7. The Morgan fingerprint density at radius 3 is 2.47 bits per heavy atom.